The topological polar surface area (TPSA) is 93.9 Å². The Kier molecular flexibility index (Phi) is 2.73. The van der Waals surface area contributed by atoms with Crippen molar-refractivity contribution < 1.29 is 9.66 Å². The summed E-state index contributed by atoms with van der Waals surface area (Å²) < 4.78 is 4.91. The normalized spacial score (nSPS) is 10.2. The van der Waals surface area contributed by atoms with Gasteiger partial charge in [-0.25, -0.2) is 4.98 Å². The van der Waals surface area contributed by atoms with E-state index < -0.39 is 4.92 Å². The molecule has 17 heavy (non-hydrogen) atoms. The molecule has 0 aliphatic heterocycles. The fraction of sp³-hybridized carbons (Fsp3) is 0.200. The highest BCUT2D eigenvalue weighted by Gasteiger charge is 2.17. The number of hydrogen-bond donors (Lipinski definition) is 1. The largest absolute Gasteiger partial charge is 0.490 e. The number of methoxy groups -OCH3 is 1. The maximum atomic E-state index is 10.8. The summed E-state index contributed by atoms with van der Waals surface area (Å²) in [6, 6.07) is 4.59. The van der Waals surface area contributed by atoms with Gasteiger partial charge in [0.2, 0.25) is 0 Å². The van der Waals surface area contributed by atoms with E-state index in [4.69, 9.17) is 4.74 Å². The number of H-pyrrole nitrogens is 1. The van der Waals surface area contributed by atoms with Gasteiger partial charge in [-0.3, -0.25) is 15.2 Å². The molecule has 7 nitrogen and oxygen atoms in total. The molecule has 1 aromatic heterocycles. The maximum absolute atomic E-state index is 10.8. The van der Waals surface area contributed by atoms with E-state index in [1.165, 1.54) is 19.2 Å². The summed E-state index contributed by atoms with van der Waals surface area (Å²) >= 11 is 0. The lowest BCUT2D eigenvalue weighted by Gasteiger charge is -2.02. The second-order valence-electron chi connectivity index (χ2n) is 3.39. The lowest BCUT2D eigenvalue weighted by atomic mass is 10.2. The summed E-state index contributed by atoms with van der Waals surface area (Å²) in [5.41, 5.74) is 0.467. The van der Waals surface area contributed by atoms with E-state index in [9.17, 15) is 10.1 Å². The van der Waals surface area contributed by atoms with Crippen LogP contribution >= 0.6 is 0 Å². The zero-order chi connectivity index (χ0) is 12.4. The SMILES string of the molecule is COc1ccc(-c2n[nH]c(C)n2)cc1[N+](=O)[O-]. The molecule has 1 heterocycles. The molecule has 0 bridgehead atoms. The van der Waals surface area contributed by atoms with Gasteiger partial charge in [-0.1, -0.05) is 0 Å². The van der Waals surface area contributed by atoms with E-state index in [-0.39, 0.29) is 11.4 Å². The Bertz CT molecular complexity index is 564. The van der Waals surface area contributed by atoms with Gasteiger partial charge in [0.15, 0.2) is 11.6 Å². The molecule has 88 valence electrons. The minimum Gasteiger partial charge on any atom is -0.490 e. The Morgan fingerprint density at radius 3 is 2.76 bits per heavy atom. The van der Waals surface area contributed by atoms with E-state index in [0.717, 1.165) is 0 Å². The standard InChI is InChI=1S/C10H10N4O3/c1-6-11-10(13-12-6)7-3-4-9(17-2)8(5-7)14(15)16/h3-5H,1-2H3,(H,11,12,13). The van der Waals surface area contributed by atoms with Crippen LogP contribution in [0.15, 0.2) is 18.2 Å². The van der Waals surface area contributed by atoms with Gasteiger partial charge < -0.3 is 4.74 Å². The van der Waals surface area contributed by atoms with Crippen molar-refractivity contribution in [3.63, 3.8) is 0 Å². The number of nitrogens with one attached hydrogen (secondary N) is 1. The fourth-order valence-corrected chi connectivity index (χ4v) is 1.44. The first-order valence-electron chi connectivity index (χ1n) is 4.83. The molecular weight excluding hydrogens is 224 g/mol. The molecule has 0 saturated heterocycles. The number of rotatable bonds is 3. The third-order valence-electron chi connectivity index (χ3n) is 2.23. The minimum atomic E-state index is -0.498. The predicted molar refractivity (Wildman–Crippen MR) is 59.8 cm³/mol. The quantitative estimate of drug-likeness (QED) is 0.644. The lowest BCUT2D eigenvalue weighted by Crippen LogP contribution is -1.94. The highest BCUT2D eigenvalue weighted by molar-refractivity contribution is 5.63. The summed E-state index contributed by atoms with van der Waals surface area (Å²) in [6.45, 7) is 1.76. The first-order chi connectivity index (χ1) is 8.11. The minimum absolute atomic E-state index is 0.104. The van der Waals surface area contributed by atoms with Crippen LogP contribution in [0.2, 0.25) is 0 Å². The van der Waals surface area contributed by atoms with Crippen molar-refractivity contribution in [1.82, 2.24) is 15.2 Å². The molecule has 2 aromatic rings. The highest BCUT2D eigenvalue weighted by atomic mass is 16.6. The van der Waals surface area contributed by atoms with Gasteiger partial charge in [0.1, 0.15) is 5.82 Å². The molecule has 0 aliphatic rings. The average molecular weight is 234 g/mol. The Morgan fingerprint density at radius 2 is 2.24 bits per heavy atom. The molecule has 0 fully saturated rings. The van der Waals surface area contributed by atoms with Crippen molar-refractivity contribution in [1.29, 1.82) is 0 Å². The molecule has 0 spiro atoms. The van der Waals surface area contributed by atoms with Gasteiger partial charge >= 0.3 is 5.69 Å². The van der Waals surface area contributed by atoms with Crippen molar-refractivity contribution >= 4 is 5.69 Å². The monoisotopic (exact) mass is 234 g/mol. The molecule has 0 aliphatic carbocycles. The van der Waals surface area contributed by atoms with Crippen molar-refractivity contribution in [3.8, 4) is 17.1 Å². The van der Waals surface area contributed by atoms with Crippen LogP contribution in [0.4, 0.5) is 5.69 Å². The van der Waals surface area contributed by atoms with E-state index in [2.05, 4.69) is 15.2 Å². The van der Waals surface area contributed by atoms with Crippen molar-refractivity contribution in [2.24, 2.45) is 0 Å². The third kappa shape index (κ3) is 2.07. The van der Waals surface area contributed by atoms with E-state index in [1.807, 2.05) is 0 Å². The molecule has 0 saturated carbocycles. The Balaban J connectivity index is 2.50. The number of aromatic amines is 1. The fourth-order valence-electron chi connectivity index (χ4n) is 1.44. The Hall–Kier alpha value is -2.44. The van der Waals surface area contributed by atoms with Crippen LogP contribution in [0.25, 0.3) is 11.4 Å². The molecular formula is C10H10N4O3. The van der Waals surface area contributed by atoms with Gasteiger partial charge in [-0.2, -0.15) is 5.10 Å². The summed E-state index contributed by atoms with van der Waals surface area (Å²) in [7, 11) is 1.39. The lowest BCUT2D eigenvalue weighted by molar-refractivity contribution is -0.385. The molecule has 0 radical (unpaired) electrons. The van der Waals surface area contributed by atoms with Gasteiger partial charge in [-0.05, 0) is 19.1 Å². The van der Waals surface area contributed by atoms with Gasteiger partial charge in [0.25, 0.3) is 0 Å². The molecule has 1 N–H and O–H groups in total. The van der Waals surface area contributed by atoms with E-state index >= 15 is 0 Å². The predicted octanol–water partition coefficient (Wildman–Crippen LogP) is 1.70. The molecule has 2 rings (SSSR count). The van der Waals surface area contributed by atoms with Crippen LogP contribution in [0, 0.1) is 17.0 Å². The zero-order valence-corrected chi connectivity index (χ0v) is 9.30. The van der Waals surface area contributed by atoms with E-state index in [0.29, 0.717) is 17.2 Å². The number of hydrogen-bond acceptors (Lipinski definition) is 5. The summed E-state index contributed by atoms with van der Waals surface area (Å²) in [4.78, 5) is 14.5. The van der Waals surface area contributed by atoms with Crippen molar-refractivity contribution in [2.75, 3.05) is 7.11 Å². The van der Waals surface area contributed by atoms with Crippen molar-refractivity contribution in [2.45, 2.75) is 6.92 Å². The Morgan fingerprint density at radius 1 is 1.47 bits per heavy atom. The summed E-state index contributed by atoms with van der Waals surface area (Å²) in [6.07, 6.45) is 0. The van der Waals surface area contributed by atoms with Crippen LogP contribution in [0.1, 0.15) is 5.82 Å². The number of aryl methyl sites for hydroxylation is 1. The number of ether oxygens (including phenoxy) is 1. The van der Waals surface area contributed by atoms with Crippen molar-refractivity contribution in [3.05, 3.63) is 34.1 Å². The van der Waals surface area contributed by atoms with Crippen LogP contribution in [0.5, 0.6) is 5.75 Å². The molecule has 1 aromatic carbocycles. The highest BCUT2D eigenvalue weighted by Crippen LogP contribution is 2.30. The second-order valence-corrected chi connectivity index (χ2v) is 3.39. The van der Waals surface area contributed by atoms with Crippen LogP contribution in [0.3, 0.4) is 0 Å². The maximum Gasteiger partial charge on any atom is 0.311 e. The first-order valence-corrected chi connectivity index (χ1v) is 4.83. The number of benzene rings is 1. The number of nitro groups is 1. The van der Waals surface area contributed by atoms with E-state index in [1.54, 1.807) is 13.0 Å². The Labute approximate surface area is 96.6 Å². The molecule has 7 heteroatoms. The van der Waals surface area contributed by atoms with Gasteiger partial charge in [0.05, 0.1) is 12.0 Å². The molecule has 0 unspecified atom stereocenters. The van der Waals surface area contributed by atoms with Gasteiger partial charge in [-0.15, -0.1) is 0 Å². The summed E-state index contributed by atoms with van der Waals surface area (Å²) in [5, 5.41) is 17.5. The molecule has 0 atom stereocenters. The van der Waals surface area contributed by atoms with Gasteiger partial charge in [0, 0.05) is 11.6 Å². The van der Waals surface area contributed by atoms with Crippen LogP contribution in [-0.4, -0.2) is 27.2 Å². The zero-order valence-electron chi connectivity index (χ0n) is 9.30. The first kappa shape index (κ1) is 11.1. The number of nitro benzene ring substituents is 1. The average Bonchev–Trinajstić information content (AvgIpc) is 2.75. The van der Waals surface area contributed by atoms with Crippen LogP contribution in [-0.2, 0) is 0 Å². The smallest absolute Gasteiger partial charge is 0.311 e. The molecule has 0 amide bonds. The number of nitrogens with zero attached hydrogens (tertiary/aromatic N) is 3. The van der Waals surface area contributed by atoms with Crippen LogP contribution < -0.4 is 4.74 Å². The number of aromatic nitrogens is 3. The third-order valence-corrected chi connectivity index (χ3v) is 2.23. The second kappa shape index (κ2) is 4.20. The summed E-state index contributed by atoms with van der Waals surface area (Å²) in [5.74, 6) is 1.29.